The van der Waals surface area contributed by atoms with Crippen LogP contribution in [0.2, 0.25) is 0 Å². The van der Waals surface area contributed by atoms with Gasteiger partial charge in [-0.3, -0.25) is 4.90 Å². The molecule has 17 heavy (non-hydrogen) atoms. The van der Waals surface area contributed by atoms with Gasteiger partial charge in [-0.2, -0.15) is 0 Å². The smallest absolute Gasteiger partial charge is 0.0310 e. The van der Waals surface area contributed by atoms with E-state index in [1.807, 2.05) is 0 Å². The largest absolute Gasteiger partial charge is 0.308 e. The molecule has 0 aromatic heterocycles. The van der Waals surface area contributed by atoms with Crippen molar-refractivity contribution in [2.45, 2.75) is 19.0 Å². The second-order valence-electron chi connectivity index (χ2n) is 4.60. The fourth-order valence-corrected chi connectivity index (χ4v) is 2.32. The molecule has 0 saturated carbocycles. The average Bonchev–Trinajstić information content (AvgIpc) is 2.75. The highest BCUT2D eigenvalue weighted by molar-refractivity contribution is 6.29. The number of nitrogens with one attached hydrogen (secondary N) is 1. The zero-order valence-corrected chi connectivity index (χ0v) is 10.8. The van der Waals surface area contributed by atoms with Gasteiger partial charge in [0.25, 0.3) is 0 Å². The number of likely N-dealkylation sites (tertiary alicyclic amines) is 1. The number of halogens is 1. The predicted molar refractivity (Wildman–Crippen MR) is 73.1 cm³/mol. The molecular formula is C14H19ClN2. The van der Waals surface area contributed by atoms with Crippen molar-refractivity contribution in [3.63, 3.8) is 0 Å². The lowest BCUT2D eigenvalue weighted by atomic mass is 10.2. The van der Waals surface area contributed by atoms with Gasteiger partial charge in [-0.25, -0.2) is 0 Å². The third-order valence-electron chi connectivity index (χ3n) is 3.10. The maximum absolute atomic E-state index is 5.75. The number of hydrogen-bond acceptors (Lipinski definition) is 2. The summed E-state index contributed by atoms with van der Waals surface area (Å²) in [7, 11) is 0. The molecule has 1 saturated heterocycles. The topological polar surface area (TPSA) is 15.3 Å². The highest BCUT2D eigenvalue weighted by Gasteiger charge is 2.21. The van der Waals surface area contributed by atoms with Crippen LogP contribution >= 0.6 is 11.6 Å². The normalized spacial score (nSPS) is 20.6. The molecule has 0 radical (unpaired) electrons. The summed E-state index contributed by atoms with van der Waals surface area (Å²) in [5, 5.41) is 4.11. The molecule has 0 aliphatic carbocycles. The molecule has 1 heterocycles. The molecule has 3 heteroatoms. The first-order valence-electron chi connectivity index (χ1n) is 6.07. The third kappa shape index (κ3) is 4.15. The monoisotopic (exact) mass is 250 g/mol. The minimum absolute atomic E-state index is 0.550. The Morgan fingerprint density at radius 2 is 2.18 bits per heavy atom. The summed E-state index contributed by atoms with van der Waals surface area (Å²) < 4.78 is 0. The first-order valence-corrected chi connectivity index (χ1v) is 6.45. The number of hydrogen-bond donors (Lipinski definition) is 1. The molecule has 1 N–H and O–H groups in total. The van der Waals surface area contributed by atoms with Crippen LogP contribution in [0.1, 0.15) is 12.0 Å². The van der Waals surface area contributed by atoms with E-state index in [-0.39, 0.29) is 0 Å². The minimum Gasteiger partial charge on any atom is -0.308 e. The highest BCUT2D eigenvalue weighted by atomic mass is 35.5. The van der Waals surface area contributed by atoms with Crippen LogP contribution < -0.4 is 5.32 Å². The molecule has 92 valence electrons. The van der Waals surface area contributed by atoms with Crippen LogP contribution in [0.15, 0.2) is 41.9 Å². The average molecular weight is 251 g/mol. The Kier molecular flexibility index (Phi) is 4.60. The van der Waals surface area contributed by atoms with E-state index in [0.717, 1.165) is 19.6 Å². The number of nitrogens with zero attached hydrogens (tertiary/aromatic N) is 1. The van der Waals surface area contributed by atoms with Crippen molar-refractivity contribution in [1.29, 1.82) is 0 Å². The van der Waals surface area contributed by atoms with Crippen molar-refractivity contribution in [1.82, 2.24) is 10.2 Å². The van der Waals surface area contributed by atoms with Gasteiger partial charge in [0.2, 0.25) is 0 Å². The zero-order valence-electron chi connectivity index (χ0n) is 10.0. The van der Waals surface area contributed by atoms with Crippen LogP contribution in [0.4, 0.5) is 0 Å². The van der Waals surface area contributed by atoms with Crippen LogP contribution in [-0.4, -0.2) is 30.6 Å². The molecule has 2 nitrogen and oxygen atoms in total. The summed E-state index contributed by atoms with van der Waals surface area (Å²) in [6, 6.07) is 11.2. The van der Waals surface area contributed by atoms with E-state index < -0.39 is 0 Å². The first-order chi connectivity index (χ1) is 8.24. The fourth-order valence-electron chi connectivity index (χ4n) is 2.24. The quantitative estimate of drug-likeness (QED) is 0.864. The van der Waals surface area contributed by atoms with Crippen molar-refractivity contribution >= 4 is 11.6 Å². The van der Waals surface area contributed by atoms with Crippen LogP contribution in [0.5, 0.6) is 0 Å². The lowest BCUT2D eigenvalue weighted by molar-refractivity contribution is 0.321. The van der Waals surface area contributed by atoms with Gasteiger partial charge in [0, 0.05) is 37.3 Å². The van der Waals surface area contributed by atoms with Crippen LogP contribution in [-0.2, 0) is 6.54 Å². The summed E-state index contributed by atoms with van der Waals surface area (Å²) >= 11 is 5.75. The molecule has 1 aliphatic heterocycles. The van der Waals surface area contributed by atoms with Gasteiger partial charge in [-0.1, -0.05) is 48.5 Å². The lowest BCUT2D eigenvalue weighted by Crippen LogP contribution is -2.33. The summed E-state index contributed by atoms with van der Waals surface area (Å²) in [5.74, 6) is 0. The highest BCUT2D eigenvalue weighted by Crippen LogP contribution is 2.13. The van der Waals surface area contributed by atoms with Crippen LogP contribution in [0, 0.1) is 0 Å². The molecule has 1 aromatic carbocycles. The molecular weight excluding hydrogens is 232 g/mol. The van der Waals surface area contributed by atoms with Gasteiger partial charge in [0.05, 0.1) is 0 Å². The number of rotatable bonds is 5. The zero-order chi connectivity index (χ0) is 12.1. The van der Waals surface area contributed by atoms with E-state index >= 15 is 0 Å². The van der Waals surface area contributed by atoms with Gasteiger partial charge in [-0.05, 0) is 12.0 Å². The SMILES string of the molecule is C=C(Cl)CNC1CCN(Cc2ccccc2)C1. The standard InChI is InChI=1S/C14H19ClN2/c1-12(15)9-16-14-7-8-17(11-14)10-13-5-3-2-4-6-13/h2-6,14,16H,1,7-11H2. The second-order valence-corrected chi connectivity index (χ2v) is 5.14. The van der Waals surface area contributed by atoms with E-state index in [9.17, 15) is 0 Å². The molecule has 0 amide bonds. The minimum atomic E-state index is 0.550. The maximum atomic E-state index is 5.75. The summed E-state index contributed by atoms with van der Waals surface area (Å²) in [6.45, 7) is 7.70. The molecule has 0 bridgehead atoms. The van der Waals surface area contributed by atoms with Gasteiger partial charge in [-0.15, -0.1) is 0 Å². The van der Waals surface area contributed by atoms with Gasteiger partial charge in [0.1, 0.15) is 0 Å². The molecule has 1 fully saturated rings. The van der Waals surface area contributed by atoms with Gasteiger partial charge in [0.15, 0.2) is 0 Å². The fraction of sp³-hybridized carbons (Fsp3) is 0.429. The Balaban J connectivity index is 1.76. The number of benzene rings is 1. The Bertz CT molecular complexity index is 364. The molecule has 1 atom stereocenters. The van der Waals surface area contributed by atoms with E-state index in [1.165, 1.54) is 12.0 Å². The van der Waals surface area contributed by atoms with Gasteiger partial charge >= 0.3 is 0 Å². The van der Waals surface area contributed by atoms with E-state index in [0.29, 0.717) is 17.6 Å². The van der Waals surface area contributed by atoms with Crippen molar-refractivity contribution in [2.24, 2.45) is 0 Å². The van der Waals surface area contributed by atoms with E-state index in [4.69, 9.17) is 11.6 Å². The van der Waals surface area contributed by atoms with Crippen molar-refractivity contribution in [2.75, 3.05) is 19.6 Å². The second kappa shape index (κ2) is 6.20. The Hall–Kier alpha value is -0.830. The van der Waals surface area contributed by atoms with E-state index in [2.05, 4.69) is 47.1 Å². The molecule has 1 aliphatic rings. The predicted octanol–water partition coefficient (Wildman–Crippen LogP) is 2.60. The molecule has 1 aromatic rings. The first kappa shape index (κ1) is 12.6. The van der Waals surface area contributed by atoms with Crippen molar-refractivity contribution in [3.8, 4) is 0 Å². The summed E-state index contributed by atoms with van der Waals surface area (Å²) in [5.41, 5.74) is 1.38. The summed E-state index contributed by atoms with van der Waals surface area (Å²) in [6.07, 6.45) is 1.19. The Morgan fingerprint density at radius 3 is 2.88 bits per heavy atom. The summed E-state index contributed by atoms with van der Waals surface area (Å²) in [4.78, 5) is 2.48. The Labute approximate surface area is 108 Å². The molecule has 1 unspecified atom stereocenters. The lowest BCUT2D eigenvalue weighted by Gasteiger charge is -2.16. The Morgan fingerprint density at radius 1 is 1.41 bits per heavy atom. The van der Waals surface area contributed by atoms with Crippen molar-refractivity contribution < 1.29 is 0 Å². The van der Waals surface area contributed by atoms with E-state index in [1.54, 1.807) is 0 Å². The third-order valence-corrected chi connectivity index (χ3v) is 3.24. The van der Waals surface area contributed by atoms with Crippen LogP contribution in [0.3, 0.4) is 0 Å². The molecule has 2 rings (SSSR count). The molecule has 0 spiro atoms. The van der Waals surface area contributed by atoms with Gasteiger partial charge < -0.3 is 5.32 Å². The maximum Gasteiger partial charge on any atom is 0.0310 e. The van der Waals surface area contributed by atoms with Crippen LogP contribution in [0.25, 0.3) is 0 Å². The van der Waals surface area contributed by atoms with Crippen molar-refractivity contribution in [3.05, 3.63) is 47.5 Å².